The number of aromatic amines is 1. The van der Waals surface area contributed by atoms with Gasteiger partial charge in [-0.15, -0.1) is 0 Å². The second-order valence-corrected chi connectivity index (χ2v) is 4.36. The number of aryl methyl sites for hydroxylation is 1. The van der Waals surface area contributed by atoms with Crippen LogP contribution in [0.15, 0.2) is 28.8 Å². The largest absolute Gasteiger partial charge is 0.466 e. The molecule has 0 radical (unpaired) electrons. The fraction of sp³-hybridized carbons (Fsp3) is 0.333. The van der Waals surface area contributed by atoms with Crippen molar-refractivity contribution in [1.29, 1.82) is 0 Å². The van der Waals surface area contributed by atoms with E-state index in [0.29, 0.717) is 5.82 Å². The summed E-state index contributed by atoms with van der Waals surface area (Å²) in [5.74, 6) is 2.70. The van der Waals surface area contributed by atoms with Crippen molar-refractivity contribution < 1.29 is 9.21 Å². The number of carbonyl (C=O) groups is 1. The molecule has 2 aromatic rings. The number of aromatic nitrogens is 2. The monoisotopic (exact) mass is 231 g/mol. The van der Waals surface area contributed by atoms with E-state index in [-0.39, 0.29) is 17.7 Å². The first-order chi connectivity index (χ1) is 8.24. The second kappa shape index (κ2) is 3.76. The molecule has 0 bridgehead atoms. The van der Waals surface area contributed by atoms with Crippen molar-refractivity contribution in [3.05, 3.63) is 35.9 Å². The summed E-state index contributed by atoms with van der Waals surface area (Å²) >= 11 is 0. The maximum atomic E-state index is 11.9. The van der Waals surface area contributed by atoms with E-state index in [1.807, 2.05) is 19.1 Å². The molecule has 2 N–H and O–H groups in total. The van der Waals surface area contributed by atoms with Gasteiger partial charge >= 0.3 is 0 Å². The van der Waals surface area contributed by atoms with Crippen molar-refractivity contribution in [3.8, 4) is 0 Å². The third-order valence-electron chi connectivity index (χ3n) is 3.01. The summed E-state index contributed by atoms with van der Waals surface area (Å²) in [6, 6.07) is 5.60. The Balaban J connectivity index is 1.63. The Kier molecular flexibility index (Phi) is 2.24. The molecule has 0 aliphatic heterocycles. The molecule has 0 aromatic carbocycles. The first kappa shape index (κ1) is 10.1. The number of furan rings is 1. The van der Waals surface area contributed by atoms with Crippen LogP contribution in [-0.2, 0) is 4.79 Å². The number of anilines is 1. The average molecular weight is 231 g/mol. The Morgan fingerprint density at radius 3 is 3.06 bits per heavy atom. The van der Waals surface area contributed by atoms with Crippen LogP contribution < -0.4 is 5.32 Å². The molecule has 0 spiro atoms. The van der Waals surface area contributed by atoms with Crippen molar-refractivity contribution in [2.24, 2.45) is 5.92 Å². The highest BCUT2D eigenvalue weighted by Gasteiger charge is 2.46. The quantitative estimate of drug-likeness (QED) is 0.849. The normalized spacial score (nSPS) is 22.4. The van der Waals surface area contributed by atoms with Crippen LogP contribution in [0.5, 0.6) is 0 Å². The van der Waals surface area contributed by atoms with E-state index in [0.717, 1.165) is 17.9 Å². The van der Waals surface area contributed by atoms with Gasteiger partial charge in [-0.25, -0.2) is 0 Å². The van der Waals surface area contributed by atoms with Gasteiger partial charge in [-0.05, 0) is 25.5 Å². The Bertz CT molecular complexity index is 530. The Labute approximate surface area is 98.2 Å². The molecule has 1 aliphatic carbocycles. The molecule has 1 fully saturated rings. The minimum atomic E-state index is 0.0175. The van der Waals surface area contributed by atoms with Crippen molar-refractivity contribution in [2.45, 2.75) is 19.3 Å². The first-order valence-electron chi connectivity index (χ1n) is 5.60. The fourth-order valence-corrected chi connectivity index (χ4v) is 2.00. The molecule has 88 valence electrons. The summed E-state index contributed by atoms with van der Waals surface area (Å²) in [5.41, 5.74) is 0. The number of hydrogen-bond donors (Lipinski definition) is 2. The maximum Gasteiger partial charge on any atom is 0.229 e. The molecule has 0 unspecified atom stereocenters. The molecule has 3 rings (SSSR count). The summed E-state index contributed by atoms with van der Waals surface area (Å²) in [4.78, 5) is 11.9. The molecule has 5 heteroatoms. The van der Waals surface area contributed by atoms with Crippen molar-refractivity contribution >= 4 is 11.7 Å². The number of rotatable bonds is 3. The van der Waals surface area contributed by atoms with Crippen LogP contribution in [0, 0.1) is 12.8 Å². The van der Waals surface area contributed by atoms with Gasteiger partial charge in [0.1, 0.15) is 17.3 Å². The predicted molar refractivity (Wildman–Crippen MR) is 61.5 cm³/mol. The Morgan fingerprint density at radius 1 is 1.53 bits per heavy atom. The average Bonchev–Trinajstić information content (AvgIpc) is 2.72. The smallest absolute Gasteiger partial charge is 0.229 e. The summed E-state index contributed by atoms with van der Waals surface area (Å²) < 4.78 is 5.52. The molecule has 2 aromatic heterocycles. The molecule has 1 aliphatic rings. The minimum Gasteiger partial charge on any atom is -0.466 e. The van der Waals surface area contributed by atoms with E-state index in [4.69, 9.17) is 4.42 Å². The summed E-state index contributed by atoms with van der Waals surface area (Å²) in [5, 5.41) is 9.27. The second-order valence-electron chi connectivity index (χ2n) is 4.36. The van der Waals surface area contributed by atoms with Crippen LogP contribution in [0.3, 0.4) is 0 Å². The zero-order valence-electron chi connectivity index (χ0n) is 9.43. The lowest BCUT2D eigenvalue weighted by Gasteiger charge is -2.00. The van der Waals surface area contributed by atoms with E-state index in [1.54, 1.807) is 12.3 Å². The van der Waals surface area contributed by atoms with Gasteiger partial charge in [0, 0.05) is 17.9 Å². The van der Waals surface area contributed by atoms with Gasteiger partial charge in [-0.3, -0.25) is 9.89 Å². The minimum absolute atomic E-state index is 0.0175. The maximum absolute atomic E-state index is 11.9. The zero-order chi connectivity index (χ0) is 11.8. The van der Waals surface area contributed by atoms with E-state index >= 15 is 0 Å². The van der Waals surface area contributed by atoms with Gasteiger partial charge in [0.15, 0.2) is 0 Å². The van der Waals surface area contributed by atoms with Gasteiger partial charge in [-0.1, -0.05) is 0 Å². The van der Waals surface area contributed by atoms with Crippen LogP contribution in [0.25, 0.3) is 0 Å². The topological polar surface area (TPSA) is 70.9 Å². The van der Waals surface area contributed by atoms with E-state index in [9.17, 15) is 4.79 Å². The number of hydrogen-bond acceptors (Lipinski definition) is 3. The number of nitrogens with one attached hydrogen (secondary N) is 2. The molecule has 2 heterocycles. The van der Waals surface area contributed by atoms with Gasteiger partial charge in [0.2, 0.25) is 5.91 Å². The van der Waals surface area contributed by atoms with E-state index in [2.05, 4.69) is 15.5 Å². The third kappa shape index (κ3) is 1.95. The van der Waals surface area contributed by atoms with Gasteiger partial charge in [0.05, 0.1) is 6.20 Å². The first-order valence-corrected chi connectivity index (χ1v) is 5.60. The summed E-state index contributed by atoms with van der Waals surface area (Å²) in [7, 11) is 0. The number of amides is 1. The lowest BCUT2D eigenvalue weighted by molar-refractivity contribution is -0.117. The van der Waals surface area contributed by atoms with Gasteiger partial charge in [0.25, 0.3) is 0 Å². The number of nitrogens with zero attached hydrogens (tertiary/aromatic N) is 1. The van der Waals surface area contributed by atoms with Crippen LogP contribution in [0.1, 0.15) is 23.9 Å². The molecule has 5 nitrogen and oxygen atoms in total. The third-order valence-corrected chi connectivity index (χ3v) is 3.01. The summed E-state index contributed by atoms with van der Waals surface area (Å²) in [6.07, 6.45) is 2.46. The SMILES string of the molecule is Cc1ccc([C@@H]2C[C@H]2C(=O)Nc2ccn[nH]2)o1. The zero-order valence-corrected chi connectivity index (χ0v) is 9.43. The predicted octanol–water partition coefficient (Wildman–Crippen LogP) is 2.05. The van der Waals surface area contributed by atoms with Crippen LogP contribution in [0.2, 0.25) is 0 Å². The molecule has 1 amide bonds. The van der Waals surface area contributed by atoms with Crippen molar-refractivity contribution in [3.63, 3.8) is 0 Å². The number of carbonyl (C=O) groups excluding carboxylic acids is 1. The van der Waals surface area contributed by atoms with Gasteiger partial charge < -0.3 is 9.73 Å². The Morgan fingerprint density at radius 2 is 2.41 bits per heavy atom. The van der Waals surface area contributed by atoms with Crippen LogP contribution in [0.4, 0.5) is 5.82 Å². The van der Waals surface area contributed by atoms with Crippen LogP contribution in [-0.4, -0.2) is 16.1 Å². The number of H-pyrrole nitrogens is 1. The lowest BCUT2D eigenvalue weighted by Crippen LogP contribution is -2.14. The summed E-state index contributed by atoms with van der Waals surface area (Å²) in [6.45, 7) is 1.91. The molecule has 0 saturated heterocycles. The van der Waals surface area contributed by atoms with Crippen molar-refractivity contribution in [2.75, 3.05) is 5.32 Å². The fourth-order valence-electron chi connectivity index (χ4n) is 2.00. The Hall–Kier alpha value is -2.04. The van der Waals surface area contributed by atoms with Crippen molar-refractivity contribution in [1.82, 2.24) is 10.2 Å². The lowest BCUT2D eigenvalue weighted by atomic mass is 10.2. The standard InChI is InChI=1S/C12H13N3O2/c1-7-2-3-10(17-7)8-6-9(8)12(16)14-11-4-5-13-15-11/h2-5,8-9H,6H2,1H3,(H2,13,14,15,16)/t8-,9-/m1/s1. The molecular weight excluding hydrogens is 218 g/mol. The van der Waals surface area contributed by atoms with E-state index < -0.39 is 0 Å². The molecular formula is C12H13N3O2. The highest BCUT2D eigenvalue weighted by molar-refractivity contribution is 5.94. The molecule has 17 heavy (non-hydrogen) atoms. The molecule has 2 atom stereocenters. The molecule has 1 saturated carbocycles. The van der Waals surface area contributed by atoms with Gasteiger partial charge in [-0.2, -0.15) is 5.10 Å². The highest BCUT2D eigenvalue weighted by Crippen LogP contribution is 2.48. The highest BCUT2D eigenvalue weighted by atomic mass is 16.3. The van der Waals surface area contributed by atoms with Crippen LogP contribution >= 0.6 is 0 Å². The van der Waals surface area contributed by atoms with E-state index in [1.165, 1.54) is 0 Å².